The lowest BCUT2D eigenvalue weighted by atomic mass is 10.2. The van der Waals surface area contributed by atoms with E-state index in [4.69, 9.17) is 14.3 Å². The average Bonchev–Trinajstić information content (AvgIpc) is 2.77. The van der Waals surface area contributed by atoms with Crippen LogP contribution in [-0.4, -0.2) is 28.8 Å². The molecule has 1 fully saturated rings. The van der Waals surface area contributed by atoms with Gasteiger partial charge in [-0.15, -0.1) is 0 Å². The number of oxazole rings is 1. The lowest BCUT2D eigenvalue weighted by Crippen LogP contribution is -2.09. The number of ether oxygens (including phenoxy) is 1. The summed E-state index contributed by atoms with van der Waals surface area (Å²) in [5.41, 5.74) is 0.468. The zero-order chi connectivity index (χ0) is 10.7. The molecule has 0 aromatic carbocycles. The van der Waals surface area contributed by atoms with Crippen LogP contribution in [0.2, 0.25) is 0 Å². The Bertz CT molecular complexity index is 341. The van der Waals surface area contributed by atoms with E-state index in [-0.39, 0.29) is 12.5 Å². The minimum Gasteiger partial charge on any atom is -0.481 e. The lowest BCUT2D eigenvalue weighted by molar-refractivity contribution is -0.136. The van der Waals surface area contributed by atoms with Gasteiger partial charge in [0.1, 0.15) is 6.26 Å². The number of aliphatic carboxylic acids is 1. The van der Waals surface area contributed by atoms with Crippen LogP contribution in [-0.2, 0) is 22.4 Å². The minimum absolute atomic E-state index is 0.0883. The van der Waals surface area contributed by atoms with Crippen LogP contribution in [0.25, 0.3) is 0 Å². The topological polar surface area (TPSA) is 72.6 Å². The second-order valence-corrected chi connectivity index (χ2v) is 3.64. The Labute approximate surface area is 87.1 Å². The number of aromatic nitrogens is 1. The maximum Gasteiger partial charge on any atom is 0.309 e. The predicted octanol–water partition coefficient (Wildman–Crippen LogP) is 1.02. The fraction of sp³-hybridized carbons (Fsp3) is 0.600. The van der Waals surface area contributed by atoms with E-state index in [1.807, 2.05) is 0 Å². The van der Waals surface area contributed by atoms with Gasteiger partial charge in [-0.3, -0.25) is 4.79 Å². The quantitative estimate of drug-likeness (QED) is 0.805. The van der Waals surface area contributed by atoms with Gasteiger partial charge in [0.2, 0.25) is 0 Å². The molecule has 1 aromatic rings. The standard InChI is InChI=1S/C10H13NO4/c12-10(13)4-7-6-15-9(11-7)5-8-2-1-3-14-8/h6,8H,1-5H2,(H,12,13). The van der Waals surface area contributed by atoms with Gasteiger partial charge in [0, 0.05) is 6.61 Å². The summed E-state index contributed by atoms with van der Waals surface area (Å²) in [6.45, 7) is 0.799. The van der Waals surface area contributed by atoms with Crippen molar-refractivity contribution in [2.75, 3.05) is 6.61 Å². The van der Waals surface area contributed by atoms with Crippen molar-refractivity contribution in [3.63, 3.8) is 0 Å². The van der Waals surface area contributed by atoms with Gasteiger partial charge in [-0.1, -0.05) is 0 Å². The van der Waals surface area contributed by atoms with Crippen molar-refractivity contribution < 1.29 is 19.1 Å². The van der Waals surface area contributed by atoms with Crippen LogP contribution in [0.4, 0.5) is 0 Å². The Hall–Kier alpha value is -1.36. The van der Waals surface area contributed by atoms with Gasteiger partial charge in [0.25, 0.3) is 0 Å². The van der Waals surface area contributed by atoms with Crippen molar-refractivity contribution in [3.05, 3.63) is 17.8 Å². The zero-order valence-electron chi connectivity index (χ0n) is 8.31. The molecule has 0 bridgehead atoms. The van der Waals surface area contributed by atoms with Gasteiger partial charge in [0.15, 0.2) is 5.89 Å². The summed E-state index contributed by atoms with van der Waals surface area (Å²) >= 11 is 0. The highest BCUT2D eigenvalue weighted by atomic mass is 16.5. The molecule has 5 nitrogen and oxygen atoms in total. The van der Waals surface area contributed by atoms with Gasteiger partial charge >= 0.3 is 5.97 Å². The highest BCUT2D eigenvalue weighted by Gasteiger charge is 2.18. The van der Waals surface area contributed by atoms with Crippen molar-refractivity contribution in [1.82, 2.24) is 4.98 Å². The number of nitrogens with zero attached hydrogens (tertiary/aromatic N) is 1. The molecule has 1 aliphatic rings. The van der Waals surface area contributed by atoms with Crippen molar-refractivity contribution >= 4 is 5.97 Å². The van der Waals surface area contributed by atoms with Crippen LogP contribution >= 0.6 is 0 Å². The third-order valence-corrected chi connectivity index (χ3v) is 2.36. The molecule has 0 saturated carbocycles. The number of hydrogen-bond acceptors (Lipinski definition) is 4. The second-order valence-electron chi connectivity index (χ2n) is 3.64. The highest BCUT2D eigenvalue weighted by molar-refractivity contribution is 5.69. The van der Waals surface area contributed by atoms with E-state index < -0.39 is 5.97 Å². The molecule has 1 unspecified atom stereocenters. The Balaban J connectivity index is 1.91. The Morgan fingerprint density at radius 2 is 2.53 bits per heavy atom. The number of hydrogen-bond donors (Lipinski definition) is 1. The molecule has 82 valence electrons. The van der Waals surface area contributed by atoms with Crippen molar-refractivity contribution in [1.29, 1.82) is 0 Å². The smallest absolute Gasteiger partial charge is 0.309 e. The molecular weight excluding hydrogens is 198 g/mol. The molecule has 2 rings (SSSR count). The van der Waals surface area contributed by atoms with E-state index in [1.54, 1.807) is 0 Å². The molecule has 0 radical (unpaired) electrons. The molecule has 0 aliphatic carbocycles. The number of rotatable bonds is 4. The number of carboxylic acid groups (broad SMARTS) is 1. The van der Waals surface area contributed by atoms with Crippen molar-refractivity contribution in [3.8, 4) is 0 Å². The van der Waals surface area contributed by atoms with Crippen LogP contribution in [0.5, 0.6) is 0 Å². The van der Waals surface area contributed by atoms with Crippen LogP contribution in [0, 0.1) is 0 Å². The van der Waals surface area contributed by atoms with Gasteiger partial charge in [0.05, 0.1) is 24.6 Å². The molecule has 1 atom stereocenters. The van der Waals surface area contributed by atoms with Crippen LogP contribution < -0.4 is 0 Å². The molecule has 1 aromatic heterocycles. The van der Waals surface area contributed by atoms with E-state index >= 15 is 0 Å². The zero-order valence-corrected chi connectivity index (χ0v) is 8.31. The van der Waals surface area contributed by atoms with Gasteiger partial charge < -0.3 is 14.3 Å². The van der Waals surface area contributed by atoms with E-state index in [0.29, 0.717) is 18.0 Å². The fourth-order valence-electron chi connectivity index (χ4n) is 1.68. The van der Waals surface area contributed by atoms with E-state index in [9.17, 15) is 4.79 Å². The Morgan fingerprint density at radius 1 is 1.67 bits per heavy atom. The average molecular weight is 211 g/mol. The van der Waals surface area contributed by atoms with Crippen LogP contribution in [0.3, 0.4) is 0 Å². The third-order valence-electron chi connectivity index (χ3n) is 2.36. The van der Waals surface area contributed by atoms with Crippen molar-refractivity contribution in [2.24, 2.45) is 0 Å². The van der Waals surface area contributed by atoms with Gasteiger partial charge in [-0.25, -0.2) is 4.98 Å². The second kappa shape index (κ2) is 4.44. The molecule has 2 heterocycles. The monoisotopic (exact) mass is 211 g/mol. The molecule has 15 heavy (non-hydrogen) atoms. The van der Waals surface area contributed by atoms with Crippen LogP contribution in [0.15, 0.2) is 10.7 Å². The molecular formula is C10H13NO4. The minimum atomic E-state index is -0.896. The first-order valence-corrected chi connectivity index (χ1v) is 5.00. The molecule has 5 heteroatoms. The maximum atomic E-state index is 10.4. The van der Waals surface area contributed by atoms with Gasteiger partial charge in [-0.05, 0) is 12.8 Å². The van der Waals surface area contributed by atoms with Crippen LogP contribution in [0.1, 0.15) is 24.4 Å². The first-order valence-electron chi connectivity index (χ1n) is 5.00. The summed E-state index contributed by atoms with van der Waals surface area (Å²) in [4.78, 5) is 14.5. The maximum absolute atomic E-state index is 10.4. The summed E-state index contributed by atoms with van der Waals surface area (Å²) < 4.78 is 10.6. The Kier molecular flexibility index (Phi) is 3.01. The first-order chi connectivity index (χ1) is 7.24. The SMILES string of the molecule is O=C(O)Cc1coc(CC2CCCO2)n1. The lowest BCUT2D eigenvalue weighted by Gasteiger charge is -2.04. The largest absolute Gasteiger partial charge is 0.481 e. The molecule has 1 N–H and O–H groups in total. The van der Waals surface area contributed by atoms with E-state index in [0.717, 1.165) is 19.4 Å². The summed E-state index contributed by atoms with van der Waals surface area (Å²) in [7, 11) is 0. The summed E-state index contributed by atoms with van der Waals surface area (Å²) in [6, 6.07) is 0. The Morgan fingerprint density at radius 3 is 3.20 bits per heavy atom. The fourth-order valence-corrected chi connectivity index (χ4v) is 1.68. The third kappa shape index (κ3) is 2.79. The van der Waals surface area contributed by atoms with E-state index in [2.05, 4.69) is 4.98 Å². The number of carbonyl (C=O) groups is 1. The molecule has 1 aliphatic heterocycles. The molecule has 0 spiro atoms. The molecule has 0 amide bonds. The van der Waals surface area contributed by atoms with Gasteiger partial charge in [-0.2, -0.15) is 0 Å². The number of carboxylic acids is 1. The highest BCUT2D eigenvalue weighted by Crippen LogP contribution is 2.16. The summed E-state index contributed by atoms with van der Waals surface area (Å²) in [6.07, 6.45) is 4.23. The first kappa shape index (κ1) is 10.2. The predicted molar refractivity (Wildman–Crippen MR) is 50.5 cm³/mol. The van der Waals surface area contributed by atoms with E-state index in [1.165, 1.54) is 6.26 Å². The normalized spacial score (nSPS) is 20.7. The summed E-state index contributed by atoms with van der Waals surface area (Å²) in [5.74, 6) is -0.329. The summed E-state index contributed by atoms with van der Waals surface area (Å²) in [5, 5.41) is 8.55. The van der Waals surface area contributed by atoms with Crippen molar-refractivity contribution in [2.45, 2.75) is 31.8 Å². The molecule has 1 saturated heterocycles.